The zero-order valence-corrected chi connectivity index (χ0v) is 5.09. The van der Waals surface area contributed by atoms with Crippen LogP contribution in [0.2, 0.25) is 4.34 Å². The smallest absolute Gasteiger partial charge is 0.117 e. The molecule has 0 aromatic carbocycles. The van der Waals surface area contributed by atoms with E-state index in [0.717, 1.165) is 0 Å². The zero-order chi connectivity index (χ0) is 5.28. The number of hydrogen-bond acceptors (Lipinski definition) is 1. The molecule has 0 saturated carbocycles. The van der Waals surface area contributed by atoms with Gasteiger partial charge in [0.15, 0.2) is 0 Å². The van der Waals surface area contributed by atoms with E-state index in [4.69, 9.17) is 19.4 Å². The predicted molar refractivity (Wildman–Crippen MR) is 34.7 cm³/mol. The van der Waals surface area contributed by atoms with Crippen molar-refractivity contribution in [1.82, 2.24) is 0 Å². The average molecular weight is 128 g/mol. The van der Waals surface area contributed by atoms with E-state index in [0.29, 0.717) is 9.80 Å². The molecule has 2 radical (unpaired) electrons. The van der Waals surface area contributed by atoms with E-state index in [2.05, 4.69) is 0 Å². The van der Waals surface area contributed by atoms with E-state index in [1.54, 1.807) is 6.07 Å². The molecule has 1 rings (SSSR count). The summed E-state index contributed by atoms with van der Waals surface area (Å²) in [5, 5.41) is 1.86. The summed E-state index contributed by atoms with van der Waals surface area (Å²) in [5.41, 5.74) is 0.673. The summed E-state index contributed by atoms with van der Waals surface area (Å²) in [6.45, 7) is 0. The van der Waals surface area contributed by atoms with Gasteiger partial charge >= 0.3 is 0 Å². The molecule has 0 spiro atoms. The van der Waals surface area contributed by atoms with Gasteiger partial charge in [0.25, 0.3) is 0 Å². The third kappa shape index (κ3) is 0.985. The minimum absolute atomic E-state index is 0.673. The highest BCUT2D eigenvalue weighted by Crippen LogP contribution is 2.10. The van der Waals surface area contributed by atoms with Gasteiger partial charge in [0.2, 0.25) is 0 Å². The van der Waals surface area contributed by atoms with Gasteiger partial charge in [0.1, 0.15) is 7.85 Å². The van der Waals surface area contributed by atoms with Crippen molar-refractivity contribution in [3.05, 3.63) is 15.8 Å². The van der Waals surface area contributed by atoms with Crippen LogP contribution in [0.15, 0.2) is 11.4 Å². The maximum Gasteiger partial charge on any atom is 0.117 e. The van der Waals surface area contributed by atoms with Crippen LogP contribution in [-0.2, 0) is 0 Å². The monoisotopic (exact) mass is 128 g/mol. The molecular formula is C4H2BClS. The van der Waals surface area contributed by atoms with Crippen molar-refractivity contribution >= 4 is 36.2 Å². The summed E-state index contributed by atoms with van der Waals surface area (Å²) < 4.78 is 0.681. The van der Waals surface area contributed by atoms with Crippen LogP contribution in [0.1, 0.15) is 0 Å². The summed E-state index contributed by atoms with van der Waals surface area (Å²) in [6.07, 6.45) is 0. The molecule has 0 amide bonds. The average Bonchev–Trinajstić information content (AvgIpc) is 1.91. The lowest BCUT2D eigenvalue weighted by molar-refractivity contribution is 2.15. The summed E-state index contributed by atoms with van der Waals surface area (Å²) >= 11 is 6.96. The second-order valence-electron chi connectivity index (χ2n) is 1.15. The van der Waals surface area contributed by atoms with Crippen molar-refractivity contribution in [2.24, 2.45) is 0 Å². The lowest BCUT2D eigenvalue weighted by Gasteiger charge is -1.77. The molecule has 3 heteroatoms. The Kier molecular flexibility index (Phi) is 1.40. The zero-order valence-electron chi connectivity index (χ0n) is 3.52. The van der Waals surface area contributed by atoms with Gasteiger partial charge in [0.05, 0.1) is 4.34 Å². The highest BCUT2D eigenvalue weighted by molar-refractivity contribution is 7.15. The summed E-state index contributed by atoms with van der Waals surface area (Å²) in [4.78, 5) is 0. The molecule has 34 valence electrons. The molecule has 0 atom stereocenters. The Morgan fingerprint density at radius 2 is 2.43 bits per heavy atom. The fourth-order valence-corrected chi connectivity index (χ4v) is 1.06. The first-order valence-electron chi connectivity index (χ1n) is 1.79. The van der Waals surface area contributed by atoms with Crippen LogP contribution < -0.4 is 5.46 Å². The van der Waals surface area contributed by atoms with Crippen molar-refractivity contribution in [2.45, 2.75) is 0 Å². The van der Waals surface area contributed by atoms with E-state index in [1.807, 2.05) is 5.38 Å². The second-order valence-corrected chi connectivity index (χ2v) is 2.67. The standard InChI is InChI=1S/C4H2BClS/c5-3-1-2-7-4(3)6/h1-2H. The summed E-state index contributed by atoms with van der Waals surface area (Å²) in [7, 11) is 5.32. The molecule has 0 N–H and O–H groups in total. The van der Waals surface area contributed by atoms with E-state index >= 15 is 0 Å². The van der Waals surface area contributed by atoms with Gasteiger partial charge in [-0.25, -0.2) is 0 Å². The SMILES string of the molecule is [B]c1ccsc1Cl. The van der Waals surface area contributed by atoms with Gasteiger partial charge in [-0.3, -0.25) is 0 Å². The Labute approximate surface area is 52.5 Å². The molecule has 0 aliphatic heterocycles. The third-order valence-electron chi connectivity index (χ3n) is 0.646. The maximum atomic E-state index is 5.52. The molecule has 1 heterocycles. The third-order valence-corrected chi connectivity index (χ3v) is 1.85. The van der Waals surface area contributed by atoms with Crippen LogP contribution in [0.25, 0.3) is 0 Å². The van der Waals surface area contributed by atoms with Crippen molar-refractivity contribution in [3.8, 4) is 0 Å². The van der Waals surface area contributed by atoms with E-state index < -0.39 is 0 Å². The Morgan fingerprint density at radius 1 is 1.71 bits per heavy atom. The van der Waals surface area contributed by atoms with Crippen molar-refractivity contribution in [3.63, 3.8) is 0 Å². The fourth-order valence-electron chi connectivity index (χ4n) is 0.301. The van der Waals surface area contributed by atoms with Crippen LogP contribution in [-0.4, -0.2) is 7.85 Å². The van der Waals surface area contributed by atoms with Crippen LogP contribution in [0, 0.1) is 0 Å². The summed E-state index contributed by atoms with van der Waals surface area (Å²) in [5.74, 6) is 0. The predicted octanol–water partition coefficient (Wildman–Crippen LogP) is 1.20. The molecule has 0 unspecified atom stereocenters. The highest BCUT2D eigenvalue weighted by Gasteiger charge is 1.89. The van der Waals surface area contributed by atoms with Gasteiger partial charge in [-0.1, -0.05) is 23.1 Å². The minimum Gasteiger partial charge on any atom is -0.133 e. The molecular weight excluding hydrogens is 126 g/mol. The first-order valence-corrected chi connectivity index (χ1v) is 3.05. The summed E-state index contributed by atoms with van der Waals surface area (Å²) in [6, 6.07) is 1.78. The minimum atomic E-state index is 0.673. The molecule has 0 aliphatic rings. The topological polar surface area (TPSA) is 0 Å². The number of halogens is 1. The Balaban J connectivity index is 3.12. The second kappa shape index (κ2) is 1.89. The first-order chi connectivity index (χ1) is 3.30. The molecule has 0 bridgehead atoms. The van der Waals surface area contributed by atoms with Crippen LogP contribution >= 0.6 is 22.9 Å². The lowest BCUT2D eigenvalue weighted by Crippen LogP contribution is -1.95. The largest absolute Gasteiger partial charge is 0.133 e. The van der Waals surface area contributed by atoms with Gasteiger partial charge in [-0.15, -0.1) is 11.3 Å². The molecule has 0 saturated heterocycles. The number of thiophene rings is 1. The lowest BCUT2D eigenvalue weighted by atomic mass is 10.0. The van der Waals surface area contributed by atoms with Crippen molar-refractivity contribution < 1.29 is 0 Å². The first kappa shape index (κ1) is 5.20. The molecule has 0 aliphatic carbocycles. The normalized spacial score (nSPS) is 9.29. The van der Waals surface area contributed by atoms with Crippen LogP contribution in [0.3, 0.4) is 0 Å². The molecule has 0 fully saturated rings. The molecule has 1 aromatic rings. The number of rotatable bonds is 0. The van der Waals surface area contributed by atoms with E-state index in [1.165, 1.54) is 11.3 Å². The van der Waals surface area contributed by atoms with Gasteiger partial charge in [-0.05, 0) is 5.38 Å². The van der Waals surface area contributed by atoms with Gasteiger partial charge in [-0.2, -0.15) is 0 Å². The molecule has 1 aromatic heterocycles. The van der Waals surface area contributed by atoms with Crippen LogP contribution in [0.4, 0.5) is 0 Å². The maximum absolute atomic E-state index is 5.52. The van der Waals surface area contributed by atoms with Crippen LogP contribution in [0.5, 0.6) is 0 Å². The van der Waals surface area contributed by atoms with E-state index in [9.17, 15) is 0 Å². The highest BCUT2D eigenvalue weighted by atomic mass is 35.5. The molecule has 0 nitrogen and oxygen atoms in total. The molecule has 7 heavy (non-hydrogen) atoms. The van der Waals surface area contributed by atoms with Crippen molar-refractivity contribution in [2.75, 3.05) is 0 Å². The van der Waals surface area contributed by atoms with Gasteiger partial charge in [0, 0.05) is 0 Å². The van der Waals surface area contributed by atoms with E-state index in [-0.39, 0.29) is 0 Å². The number of hydrogen-bond donors (Lipinski definition) is 0. The fraction of sp³-hybridized carbons (Fsp3) is 0. The quantitative estimate of drug-likeness (QED) is 0.461. The Hall–Kier alpha value is 0.0549. The van der Waals surface area contributed by atoms with Crippen molar-refractivity contribution in [1.29, 1.82) is 0 Å². The Morgan fingerprint density at radius 3 is 2.57 bits per heavy atom. The Bertz CT molecular complexity index is 144. The van der Waals surface area contributed by atoms with Gasteiger partial charge < -0.3 is 0 Å².